The molecule has 2 aromatic carbocycles. The Bertz CT molecular complexity index is 845. The fraction of sp³-hybridized carbons (Fsp3) is 0.176. The number of oxazole rings is 1. The van der Waals surface area contributed by atoms with E-state index in [1.807, 2.05) is 24.3 Å². The lowest BCUT2D eigenvalue weighted by Crippen LogP contribution is -2.13. The molecule has 0 saturated carbocycles. The van der Waals surface area contributed by atoms with Gasteiger partial charge in [-0.1, -0.05) is 11.6 Å². The van der Waals surface area contributed by atoms with Crippen LogP contribution in [0.3, 0.4) is 0 Å². The lowest BCUT2D eigenvalue weighted by atomic mass is 10.2. The summed E-state index contributed by atoms with van der Waals surface area (Å²) in [5, 5.41) is 6.51. The van der Waals surface area contributed by atoms with Gasteiger partial charge in [0.1, 0.15) is 5.52 Å². The van der Waals surface area contributed by atoms with Gasteiger partial charge < -0.3 is 20.8 Å². The molecular formula is C17H17ClN4O2. The number of nitrogens with one attached hydrogen (secondary N) is 2. The van der Waals surface area contributed by atoms with Crippen LogP contribution < -0.4 is 16.4 Å². The van der Waals surface area contributed by atoms with Crippen LogP contribution >= 0.6 is 11.6 Å². The van der Waals surface area contributed by atoms with E-state index < -0.39 is 0 Å². The van der Waals surface area contributed by atoms with E-state index in [4.69, 9.17) is 21.8 Å². The number of anilines is 3. The minimum atomic E-state index is -0.0445. The Morgan fingerprint density at radius 1 is 1.17 bits per heavy atom. The standard InChI is InChI=1S/C17H17ClN4O2/c18-11-3-8-15-14(10-11)22-17(24-15)21-13-6-4-12(5-7-13)20-16(23)2-1-9-19/h3-8,10H,1-2,9,19H2,(H,20,23)(H,21,22). The van der Waals surface area contributed by atoms with E-state index in [2.05, 4.69) is 15.6 Å². The number of rotatable bonds is 6. The average molecular weight is 345 g/mol. The summed E-state index contributed by atoms with van der Waals surface area (Å²) in [6.45, 7) is 0.506. The third-order valence-corrected chi connectivity index (χ3v) is 3.61. The average Bonchev–Trinajstić information content (AvgIpc) is 2.96. The first-order valence-electron chi connectivity index (χ1n) is 7.57. The second-order valence-corrected chi connectivity index (χ2v) is 5.71. The van der Waals surface area contributed by atoms with Crippen molar-refractivity contribution in [1.82, 2.24) is 4.98 Å². The van der Waals surface area contributed by atoms with Crippen LogP contribution in [0.2, 0.25) is 5.02 Å². The fourth-order valence-electron chi connectivity index (χ4n) is 2.20. The normalized spacial score (nSPS) is 10.8. The number of nitrogens with two attached hydrogens (primary N) is 1. The van der Waals surface area contributed by atoms with Crippen molar-refractivity contribution in [3.8, 4) is 0 Å². The third-order valence-electron chi connectivity index (χ3n) is 3.38. The molecular weight excluding hydrogens is 328 g/mol. The molecule has 0 aliphatic carbocycles. The molecule has 0 radical (unpaired) electrons. The van der Waals surface area contributed by atoms with Crippen molar-refractivity contribution in [3.63, 3.8) is 0 Å². The zero-order valence-corrected chi connectivity index (χ0v) is 13.6. The predicted molar refractivity (Wildman–Crippen MR) is 95.7 cm³/mol. The number of fused-ring (bicyclic) bond motifs is 1. The van der Waals surface area contributed by atoms with Gasteiger partial charge in [0.05, 0.1) is 0 Å². The minimum Gasteiger partial charge on any atom is -0.423 e. The molecule has 0 spiro atoms. The van der Waals surface area contributed by atoms with Gasteiger partial charge in [0, 0.05) is 22.8 Å². The lowest BCUT2D eigenvalue weighted by Gasteiger charge is -2.06. The molecule has 1 heterocycles. The van der Waals surface area contributed by atoms with Gasteiger partial charge in [0.2, 0.25) is 5.91 Å². The van der Waals surface area contributed by atoms with Crippen molar-refractivity contribution in [2.45, 2.75) is 12.8 Å². The first-order valence-corrected chi connectivity index (χ1v) is 7.95. The van der Waals surface area contributed by atoms with Crippen LogP contribution in [0.1, 0.15) is 12.8 Å². The lowest BCUT2D eigenvalue weighted by molar-refractivity contribution is -0.116. The molecule has 3 aromatic rings. The van der Waals surface area contributed by atoms with Crippen molar-refractivity contribution in [2.24, 2.45) is 5.73 Å². The van der Waals surface area contributed by atoms with Gasteiger partial charge in [-0.2, -0.15) is 4.98 Å². The molecule has 0 bridgehead atoms. The van der Waals surface area contributed by atoms with Crippen molar-refractivity contribution in [1.29, 1.82) is 0 Å². The summed E-state index contributed by atoms with van der Waals surface area (Å²) in [5.74, 6) is -0.0445. The van der Waals surface area contributed by atoms with Gasteiger partial charge in [0.25, 0.3) is 6.01 Å². The van der Waals surface area contributed by atoms with Crippen molar-refractivity contribution in [2.75, 3.05) is 17.2 Å². The number of aromatic nitrogens is 1. The van der Waals surface area contributed by atoms with E-state index in [0.717, 1.165) is 11.4 Å². The number of carbonyl (C=O) groups excluding carboxylic acids is 1. The van der Waals surface area contributed by atoms with Crippen LogP contribution in [0.4, 0.5) is 17.4 Å². The first-order chi connectivity index (χ1) is 11.6. The van der Waals surface area contributed by atoms with E-state index in [9.17, 15) is 4.79 Å². The van der Waals surface area contributed by atoms with Crippen LogP contribution in [0.15, 0.2) is 46.9 Å². The molecule has 3 rings (SSSR count). The Balaban J connectivity index is 1.65. The maximum atomic E-state index is 11.7. The quantitative estimate of drug-likeness (QED) is 0.630. The SMILES string of the molecule is NCCCC(=O)Nc1ccc(Nc2nc3cc(Cl)ccc3o2)cc1. The van der Waals surface area contributed by atoms with Crippen LogP contribution in [-0.2, 0) is 4.79 Å². The summed E-state index contributed by atoms with van der Waals surface area (Å²) in [4.78, 5) is 16.0. The number of benzene rings is 2. The van der Waals surface area contributed by atoms with E-state index in [-0.39, 0.29) is 5.91 Å². The second-order valence-electron chi connectivity index (χ2n) is 5.27. The number of hydrogen-bond donors (Lipinski definition) is 3. The molecule has 0 aliphatic rings. The Labute approximate surface area is 144 Å². The molecule has 4 N–H and O–H groups in total. The number of halogens is 1. The Kier molecular flexibility index (Phi) is 4.98. The van der Waals surface area contributed by atoms with Crippen molar-refractivity contribution in [3.05, 3.63) is 47.5 Å². The number of carbonyl (C=O) groups is 1. The Hall–Kier alpha value is -2.57. The monoisotopic (exact) mass is 344 g/mol. The second kappa shape index (κ2) is 7.33. The molecule has 0 saturated heterocycles. The minimum absolute atomic E-state index is 0.0445. The molecule has 0 aliphatic heterocycles. The summed E-state index contributed by atoms with van der Waals surface area (Å²) in [5.41, 5.74) is 8.26. The smallest absolute Gasteiger partial charge is 0.300 e. The first kappa shape index (κ1) is 16.3. The molecule has 7 heteroatoms. The summed E-state index contributed by atoms with van der Waals surface area (Å²) in [6.07, 6.45) is 1.09. The van der Waals surface area contributed by atoms with Crippen molar-refractivity contribution < 1.29 is 9.21 Å². The predicted octanol–water partition coefficient (Wildman–Crippen LogP) is 3.90. The molecule has 0 atom stereocenters. The number of hydrogen-bond acceptors (Lipinski definition) is 5. The third kappa shape index (κ3) is 4.04. The van der Waals surface area contributed by atoms with Gasteiger partial charge in [-0.3, -0.25) is 4.79 Å². The van der Waals surface area contributed by atoms with Crippen LogP contribution in [0, 0.1) is 0 Å². The van der Waals surface area contributed by atoms with Gasteiger partial charge in [-0.05, 0) is 55.4 Å². The zero-order valence-electron chi connectivity index (χ0n) is 12.9. The van der Waals surface area contributed by atoms with E-state index in [1.54, 1.807) is 18.2 Å². The van der Waals surface area contributed by atoms with Gasteiger partial charge in [-0.15, -0.1) is 0 Å². The van der Waals surface area contributed by atoms with E-state index in [0.29, 0.717) is 41.5 Å². The summed E-state index contributed by atoms with van der Waals surface area (Å²) < 4.78 is 5.60. The molecule has 1 amide bonds. The van der Waals surface area contributed by atoms with Crippen LogP contribution in [0.25, 0.3) is 11.1 Å². The largest absolute Gasteiger partial charge is 0.423 e. The number of nitrogens with zero attached hydrogens (tertiary/aromatic N) is 1. The molecule has 1 aromatic heterocycles. The van der Waals surface area contributed by atoms with Gasteiger partial charge in [-0.25, -0.2) is 0 Å². The Morgan fingerprint density at radius 2 is 1.92 bits per heavy atom. The highest BCUT2D eigenvalue weighted by Gasteiger charge is 2.07. The molecule has 124 valence electrons. The summed E-state index contributed by atoms with van der Waals surface area (Å²) >= 11 is 5.94. The fourth-order valence-corrected chi connectivity index (χ4v) is 2.37. The summed E-state index contributed by atoms with van der Waals surface area (Å²) in [7, 11) is 0. The highest BCUT2D eigenvalue weighted by atomic mass is 35.5. The number of amides is 1. The maximum Gasteiger partial charge on any atom is 0.300 e. The topological polar surface area (TPSA) is 93.2 Å². The zero-order chi connectivity index (χ0) is 16.9. The highest BCUT2D eigenvalue weighted by molar-refractivity contribution is 6.31. The van der Waals surface area contributed by atoms with E-state index in [1.165, 1.54) is 0 Å². The highest BCUT2D eigenvalue weighted by Crippen LogP contribution is 2.25. The maximum absolute atomic E-state index is 11.7. The summed E-state index contributed by atoms with van der Waals surface area (Å²) in [6, 6.07) is 12.9. The van der Waals surface area contributed by atoms with Crippen LogP contribution in [0.5, 0.6) is 0 Å². The van der Waals surface area contributed by atoms with Gasteiger partial charge in [0.15, 0.2) is 5.58 Å². The van der Waals surface area contributed by atoms with E-state index >= 15 is 0 Å². The Morgan fingerprint density at radius 3 is 2.67 bits per heavy atom. The van der Waals surface area contributed by atoms with Gasteiger partial charge >= 0.3 is 0 Å². The van der Waals surface area contributed by atoms with Crippen LogP contribution in [-0.4, -0.2) is 17.4 Å². The molecule has 24 heavy (non-hydrogen) atoms. The molecule has 0 unspecified atom stereocenters. The van der Waals surface area contributed by atoms with Crippen molar-refractivity contribution >= 4 is 46.0 Å². The molecule has 6 nitrogen and oxygen atoms in total. The molecule has 0 fully saturated rings.